The normalized spacial score (nSPS) is 20.4. The molecule has 2 heterocycles. The number of ether oxygens (including phenoxy) is 2. The van der Waals surface area contributed by atoms with E-state index in [-0.39, 0.29) is 0 Å². The molecule has 2 aliphatic heterocycles. The molecule has 110 valence electrons. The molecular weight excluding hydrogens is 252 g/mol. The fourth-order valence-corrected chi connectivity index (χ4v) is 2.99. The molecule has 1 spiro atoms. The van der Waals surface area contributed by atoms with Gasteiger partial charge in [0.15, 0.2) is 0 Å². The third-order valence-corrected chi connectivity index (χ3v) is 4.17. The molecule has 0 aromatic heterocycles. The Morgan fingerprint density at radius 1 is 1.35 bits per heavy atom. The number of benzene rings is 1. The molecule has 0 aliphatic carbocycles. The summed E-state index contributed by atoms with van der Waals surface area (Å²) in [5, 5.41) is 3.17. The second-order valence-corrected chi connectivity index (χ2v) is 6.05. The van der Waals surface area contributed by atoms with Gasteiger partial charge in [-0.2, -0.15) is 0 Å². The van der Waals surface area contributed by atoms with Crippen LogP contribution in [0.15, 0.2) is 24.3 Å². The zero-order chi connectivity index (χ0) is 13.8. The van der Waals surface area contributed by atoms with Gasteiger partial charge in [0.25, 0.3) is 0 Å². The molecule has 0 unspecified atom stereocenters. The lowest BCUT2D eigenvalue weighted by molar-refractivity contribution is -0.189. The zero-order valence-electron chi connectivity index (χ0n) is 12.2. The van der Waals surface area contributed by atoms with E-state index in [1.165, 1.54) is 18.7 Å². The highest BCUT2D eigenvalue weighted by atomic mass is 16.5. The molecule has 0 radical (unpaired) electrons. The van der Waals surface area contributed by atoms with Gasteiger partial charge in [-0.15, -0.1) is 0 Å². The summed E-state index contributed by atoms with van der Waals surface area (Å²) in [6, 6.07) is 8.42. The van der Waals surface area contributed by atoms with Crippen LogP contribution in [0.25, 0.3) is 0 Å². The van der Waals surface area contributed by atoms with Crippen LogP contribution in [0.1, 0.15) is 5.56 Å². The highest BCUT2D eigenvalue weighted by Crippen LogP contribution is 2.37. The van der Waals surface area contributed by atoms with E-state index in [0.29, 0.717) is 5.41 Å². The smallest absolute Gasteiger partial charge is 0.119 e. The predicted molar refractivity (Wildman–Crippen MR) is 79.3 cm³/mol. The van der Waals surface area contributed by atoms with E-state index in [9.17, 15) is 0 Å². The zero-order valence-corrected chi connectivity index (χ0v) is 12.2. The van der Waals surface area contributed by atoms with Crippen LogP contribution in [0.5, 0.6) is 5.75 Å². The Morgan fingerprint density at radius 3 is 2.90 bits per heavy atom. The van der Waals surface area contributed by atoms with Crippen molar-refractivity contribution in [2.45, 2.75) is 6.42 Å². The SMILES string of the molecule is CNCCc1cccc(OCCN2CC3(COC3)C2)c1. The standard InChI is InChI=1S/C16H24N2O2/c1-17-6-5-14-3-2-4-15(9-14)20-8-7-18-10-16(11-18)12-19-13-16/h2-4,9,17H,5-8,10-13H2,1H3. The van der Waals surface area contributed by atoms with Crippen molar-refractivity contribution in [3.05, 3.63) is 29.8 Å². The Bertz CT molecular complexity index is 438. The first kappa shape index (κ1) is 13.9. The average molecular weight is 276 g/mol. The van der Waals surface area contributed by atoms with Crippen LogP contribution < -0.4 is 10.1 Å². The van der Waals surface area contributed by atoms with Crippen LogP contribution in [0, 0.1) is 5.41 Å². The number of rotatable bonds is 7. The molecule has 3 rings (SSSR count). The highest BCUT2D eigenvalue weighted by molar-refractivity contribution is 5.28. The Kier molecular flexibility index (Phi) is 4.24. The summed E-state index contributed by atoms with van der Waals surface area (Å²) in [7, 11) is 1.98. The first-order valence-corrected chi connectivity index (χ1v) is 7.46. The van der Waals surface area contributed by atoms with Crippen LogP contribution in [0.2, 0.25) is 0 Å². The van der Waals surface area contributed by atoms with Crippen LogP contribution in [0.3, 0.4) is 0 Å². The molecule has 0 atom stereocenters. The molecule has 1 N–H and O–H groups in total. The maximum absolute atomic E-state index is 5.86. The molecule has 0 bridgehead atoms. The van der Waals surface area contributed by atoms with Gasteiger partial charge in [0.05, 0.1) is 13.2 Å². The lowest BCUT2D eigenvalue weighted by atomic mass is 9.78. The summed E-state index contributed by atoms with van der Waals surface area (Å²) < 4.78 is 11.1. The molecule has 4 heteroatoms. The number of nitrogens with one attached hydrogen (secondary N) is 1. The molecule has 2 saturated heterocycles. The van der Waals surface area contributed by atoms with E-state index in [0.717, 1.165) is 45.1 Å². The number of hydrogen-bond acceptors (Lipinski definition) is 4. The summed E-state index contributed by atoms with van der Waals surface area (Å²) in [5.41, 5.74) is 1.83. The van der Waals surface area contributed by atoms with Gasteiger partial charge in [0.2, 0.25) is 0 Å². The summed E-state index contributed by atoms with van der Waals surface area (Å²) in [4.78, 5) is 2.45. The van der Waals surface area contributed by atoms with E-state index in [1.807, 2.05) is 13.1 Å². The van der Waals surface area contributed by atoms with E-state index in [4.69, 9.17) is 9.47 Å². The third-order valence-electron chi connectivity index (χ3n) is 4.17. The Hall–Kier alpha value is -1.10. The fourth-order valence-electron chi connectivity index (χ4n) is 2.99. The van der Waals surface area contributed by atoms with Crippen molar-refractivity contribution in [1.82, 2.24) is 10.2 Å². The maximum atomic E-state index is 5.86. The molecular formula is C16H24N2O2. The van der Waals surface area contributed by atoms with Crippen molar-refractivity contribution >= 4 is 0 Å². The van der Waals surface area contributed by atoms with Crippen molar-refractivity contribution < 1.29 is 9.47 Å². The van der Waals surface area contributed by atoms with Crippen LogP contribution in [0.4, 0.5) is 0 Å². The van der Waals surface area contributed by atoms with Gasteiger partial charge < -0.3 is 14.8 Å². The largest absolute Gasteiger partial charge is 0.492 e. The molecule has 1 aromatic rings. The van der Waals surface area contributed by atoms with Gasteiger partial charge in [-0.1, -0.05) is 12.1 Å². The minimum absolute atomic E-state index is 0.507. The predicted octanol–water partition coefficient (Wildman–Crippen LogP) is 1.16. The van der Waals surface area contributed by atoms with E-state index < -0.39 is 0 Å². The fraction of sp³-hybridized carbons (Fsp3) is 0.625. The second kappa shape index (κ2) is 6.12. The van der Waals surface area contributed by atoms with Gasteiger partial charge in [0, 0.05) is 25.0 Å². The first-order valence-electron chi connectivity index (χ1n) is 7.46. The van der Waals surface area contributed by atoms with Crippen molar-refractivity contribution in [2.75, 3.05) is 53.0 Å². The summed E-state index contributed by atoms with van der Waals surface area (Å²) in [6.07, 6.45) is 1.04. The van der Waals surface area contributed by atoms with Crippen LogP contribution in [-0.2, 0) is 11.2 Å². The number of hydrogen-bond donors (Lipinski definition) is 1. The van der Waals surface area contributed by atoms with Crippen molar-refractivity contribution in [3.63, 3.8) is 0 Å². The lowest BCUT2D eigenvalue weighted by Gasteiger charge is -2.55. The first-order chi connectivity index (χ1) is 9.80. The summed E-state index contributed by atoms with van der Waals surface area (Å²) in [6.45, 7) is 7.06. The maximum Gasteiger partial charge on any atom is 0.119 e. The number of likely N-dealkylation sites (tertiary alicyclic amines) is 1. The highest BCUT2D eigenvalue weighted by Gasteiger charge is 2.48. The lowest BCUT2D eigenvalue weighted by Crippen LogP contribution is -2.66. The molecule has 2 aliphatic rings. The topological polar surface area (TPSA) is 33.7 Å². The van der Waals surface area contributed by atoms with E-state index in [2.05, 4.69) is 28.4 Å². The van der Waals surface area contributed by atoms with Crippen molar-refractivity contribution in [1.29, 1.82) is 0 Å². The molecule has 0 amide bonds. The monoisotopic (exact) mass is 276 g/mol. The van der Waals surface area contributed by atoms with Crippen molar-refractivity contribution in [2.24, 2.45) is 5.41 Å². The van der Waals surface area contributed by atoms with Crippen LogP contribution in [-0.4, -0.2) is 57.9 Å². The third kappa shape index (κ3) is 3.14. The van der Waals surface area contributed by atoms with Gasteiger partial charge in [0.1, 0.15) is 12.4 Å². The van der Waals surface area contributed by atoms with Gasteiger partial charge >= 0.3 is 0 Å². The summed E-state index contributed by atoms with van der Waals surface area (Å²) >= 11 is 0. The van der Waals surface area contributed by atoms with Gasteiger partial charge in [-0.25, -0.2) is 0 Å². The minimum Gasteiger partial charge on any atom is -0.492 e. The number of likely N-dealkylation sites (N-methyl/N-ethyl adjacent to an activating group) is 1. The van der Waals surface area contributed by atoms with Gasteiger partial charge in [-0.3, -0.25) is 4.90 Å². The molecule has 20 heavy (non-hydrogen) atoms. The molecule has 2 fully saturated rings. The average Bonchev–Trinajstić information content (AvgIpc) is 2.37. The molecule has 1 aromatic carbocycles. The van der Waals surface area contributed by atoms with Gasteiger partial charge in [-0.05, 0) is 37.7 Å². The Morgan fingerprint density at radius 2 is 2.20 bits per heavy atom. The Labute approximate surface area is 121 Å². The van der Waals surface area contributed by atoms with E-state index >= 15 is 0 Å². The van der Waals surface area contributed by atoms with Crippen molar-refractivity contribution in [3.8, 4) is 5.75 Å². The molecule has 4 nitrogen and oxygen atoms in total. The minimum atomic E-state index is 0.507. The number of nitrogens with zero attached hydrogens (tertiary/aromatic N) is 1. The Balaban J connectivity index is 1.37. The van der Waals surface area contributed by atoms with E-state index in [1.54, 1.807) is 0 Å². The molecule has 0 saturated carbocycles. The van der Waals surface area contributed by atoms with Crippen LogP contribution >= 0.6 is 0 Å². The quantitative estimate of drug-likeness (QED) is 0.810. The summed E-state index contributed by atoms with van der Waals surface area (Å²) in [5.74, 6) is 0.987. The second-order valence-electron chi connectivity index (χ2n) is 6.05.